The van der Waals surface area contributed by atoms with Gasteiger partial charge in [-0.15, -0.1) is 11.3 Å². The van der Waals surface area contributed by atoms with Crippen molar-refractivity contribution >= 4 is 42.9 Å². The lowest BCUT2D eigenvalue weighted by atomic mass is 9.66. The van der Waals surface area contributed by atoms with Crippen molar-refractivity contribution < 1.29 is 4.74 Å². The summed E-state index contributed by atoms with van der Waals surface area (Å²) in [5.74, 6) is 1.74. The highest BCUT2D eigenvalue weighted by Gasteiger charge is 2.51. The number of hydrogen-bond acceptors (Lipinski definition) is 4. The minimum absolute atomic E-state index is 0.221. The Balaban J connectivity index is 1.16. The van der Waals surface area contributed by atoms with E-state index in [1.165, 1.54) is 48.0 Å². The fraction of sp³-hybridized carbons (Fsp3) is 0.0426. The molecule has 51 heavy (non-hydrogen) atoms. The van der Waals surface area contributed by atoms with Gasteiger partial charge < -0.3 is 10.1 Å². The number of nitrogens with zero attached hydrogens (tertiary/aromatic N) is 1. The van der Waals surface area contributed by atoms with Crippen molar-refractivity contribution in [2.45, 2.75) is 11.6 Å². The van der Waals surface area contributed by atoms with Crippen LogP contribution in [-0.4, -0.2) is 5.71 Å². The molecule has 2 aliphatic heterocycles. The summed E-state index contributed by atoms with van der Waals surface area (Å²) in [6.45, 7) is 0. The Morgan fingerprint density at radius 2 is 1.27 bits per heavy atom. The quantitative estimate of drug-likeness (QED) is 0.203. The summed E-state index contributed by atoms with van der Waals surface area (Å²) in [6.07, 6.45) is 1.95. The number of para-hydroxylation sites is 1. The van der Waals surface area contributed by atoms with Crippen LogP contribution in [0.15, 0.2) is 175 Å². The first-order valence-electron chi connectivity index (χ1n) is 17.4. The lowest BCUT2D eigenvalue weighted by Gasteiger charge is -2.39. The van der Waals surface area contributed by atoms with E-state index in [9.17, 15) is 0 Å². The first-order valence-corrected chi connectivity index (χ1v) is 18.2. The Morgan fingerprint density at radius 3 is 2.16 bits per heavy atom. The van der Waals surface area contributed by atoms with Gasteiger partial charge in [-0.3, -0.25) is 4.99 Å². The number of aliphatic imine (C=N–C) groups is 1. The summed E-state index contributed by atoms with van der Waals surface area (Å²) in [7, 11) is 0. The largest absolute Gasteiger partial charge is 0.457 e. The average Bonchev–Trinajstić information content (AvgIpc) is 3.72. The zero-order valence-corrected chi connectivity index (χ0v) is 28.3. The van der Waals surface area contributed by atoms with Crippen molar-refractivity contribution in [3.8, 4) is 22.6 Å². The number of benzene rings is 7. The maximum absolute atomic E-state index is 6.90. The Hall–Kier alpha value is -6.23. The molecule has 2 unspecified atom stereocenters. The topological polar surface area (TPSA) is 33.6 Å². The van der Waals surface area contributed by atoms with Crippen molar-refractivity contribution in [3.05, 3.63) is 209 Å². The van der Waals surface area contributed by atoms with E-state index < -0.39 is 5.41 Å². The third-order valence-electron chi connectivity index (χ3n) is 10.8. The van der Waals surface area contributed by atoms with Gasteiger partial charge in [-0.05, 0) is 63.7 Å². The summed E-state index contributed by atoms with van der Waals surface area (Å²) < 4.78 is 9.53. The molecule has 11 rings (SSSR count). The second-order valence-electron chi connectivity index (χ2n) is 13.5. The molecule has 0 bridgehead atoms. The monoisotopic (exact) mass is 670 g/mol. The van der Waals surface area contributed by atoms with E-state index >= 15 is 0 Å². The Bertz CT molecular complexity index is 2760. The second kappa shape index (κ2) is 10.9. The molecule has 1 aliphatic carbocycles. The minimum atomic E-state index is -0.542. The Kier molecular flexibility index (Phi) is 6.10. The van der Waals surface area contributed by atoms with Gasteiger partial charge in [-0.1, -0.05) is 140 Å². The van der Waals surface area contributed by atoms with Crippen LogP contribution in [0, 0.1) is 0 Å². The number of ether oxygens (including phenoxy) is 1. The highest BCUT2D eigenvalue weighted by atomic mass is 32.1. The van der Waals surface area contributed by atoms with Gasteiger partial charge in [0.15, 0.2) is 0 Å². The van der Waals surface area contributed by atoms with Gasteiger partial charge in [-0.2, -0.15) is 0 Å². The summed E-state index contributed by atoms with van der Waals surface area (Å²) in [4.78, 5) is 5.28. The molecule has 2 atom stereocenters. The lowest BCUT2D eigenvalue weighted by Crippen LogP contribution is -2.32. The predicted molar refractivity (Wildman–Crippen MR) is 210 cm³/mol. The van der Waals surface area contributed by atoms with E-state index in [0.29, 0.717) is 0 Å². The maximum atomic E-state index is 6.90. The molecule has 7 aromatic carbocycles. The third kappa shape index (κ3) is 4.08. The molecule has 1 N–H and O–H groups in total. The van der Waals surface area contributed by atoms with Gasteiger partial charge in [0.1, 0.15) is 17.7 Å². The Morgan fingerprint density at radius 1 is 0.569 bits per heavy atom. The maximum Gasteiger partial charge on any atom is 0.145 e. The number of hydrogen-bond donors (Lipinski definition) is 1. The number of rotatable bonds is 3. The zero-order chi connectivity index (χ0) is 33.5. The van der Waals surface area contributed by atoms with Crippen molar-refractivity contribution in [1.29, 1.82) is 0 Å². The number of nitrogens with one attached hydrogen (secondary N) is 1. The number of fused-ring (bicyclic) bond motifs is 13. The van der Waals surface area contributed by atoms with Crippen LogP contribution < -0.4 is 10.1 Å². The molecular weight excluding hydrogens is 641 g/mol. The van der Waals surface area contributed by atoms with E-state index in [1.807, 2.05) is 17.4 Å². The molecule has 1 spiro atoms. The summed E-state index contributed by atoms with van der Waals surface area (Å²) in [5.41, 5.74) is 12.2. The third-order valence-corrected chi connectivity index (χ3v) is 11.9. The van der Waals surface area contributed by atoms with Gasteiger partial charge in [0.05, 0.1) is 11.1 Å². The smallest absolute Gasteiger partial charge is 0.145 e. The van der Waals surface area contributed by atoms with E-state index in [1.54, 1.807) is 0 Å². The molecule has 4 heteroatoms. The predicted octanol–water partition coefficient (Wildman–Crippen LogP) is 11.7. The Labute approximate surface area is 299 Å². The van der Waals surface area contributed by atoms with Crippen molar-refractivity contribution in [3.63, 3.8) is 0 Å². The van der Waals surface area contributed by atoms with Gasteiger partial charge in [0.25, 0.3) is 0 Å². The van der Waals surface area contributed by atoms with Crippen molar-refractivity contribution in [2.24, 2.45) is 4.99 Å². The molecule has 0 saturated carbocycles. The normalized spacial score (nSPS) is 18.2. The van der Waals surface area contributed by atoms with E-state index in [-0.39, 0.29) is 6.17 Å². The van der Waals surface area contributed by atoms with Gasteiger partial charge in [0.2, 0.25) is 0 Å². The van der Waals surface area contributed by atoms with Crippen molar-refractivity contribution in [2.75, 3.05) is 0 Å². The molecule has 3 nitrogen and oxygen atoms in total. The van der Waals surface area contributed by atoms with Gasteiger partial charge >= 0.3 is 0 Å². The standard InChI is InChI=1S/C47H30N2OS/c1-3-13-29(14-4-1)38-28-39(49-46(48-38)30-15-5-2-6-16-30)31-23-24-36-41(27-31)50-40-21-11-10-20-35(40)47(36)34-19-9-7-17-32(34)44-37(47)25-26-43-45(44)33-18-8-12-22-42(33)51-43/h1-28,46,48H. The van der Waals surface area contributed by atoms with E-state index in [4.69, 9.17) is 9.73 Å². The molecule has 8 aromatic rings. The molecule has 1 aromatic heterocycles. The van der Waals surface area contributed by atoms with Crippen LogP contribution in [0.1, 0.15) is 45.1 Å². The van der Waals surface area contributed by atoms with E-state index in [0.717, 1.165) is 45.2 Å². The van der Waals surface area contributed by atoms with Gasteiger partial charge in [-0.25, -0.2) is 0 Å². The van der Waals surface area contributed by atoms with Crippen molar-refractivity contribution in [1.82, 2.24) is 5.32 Å². The summed E-state index contributed by atoms with van der Waals surface area (Å²) in [6, 6.07) is 58.8. The molecule has 0 saturated heterocycles. The second-order valence-corrected chi connectivity index (χ2v) is 14.5. The fourth-order valence-electron chi connectivity index (χ4n) is 8.64. The molecule has 3 heterocycles. The SMILES string of the molecule is C1=C(c2ccccc2)NC(c2ccccc2)N=C1c1ccc2c(c1)Oc1ccccc1C21c2ccccc2-c2c1ccc1sc3ccccc3c21. The fourth-order valence-corrected chi connectivity index (χ4v) is 9.75. The molecule has 0 radical (unpaired) electrons. The van der Waals surface area contributed by atoms with Crippen LogP contribution in [0.4, 0.5) is 0 Å². The zero-order valence-electron chi connectivity index (χ0n) is 27.5. The molecule has 3 aliphatic rings. The van der Waals surface area contributed by atoms with Crippen LogP contribution in [-0.2, 0) is 5.41 Å². The number of allylic oxidation sites excluding steroid dienone is 1. The van der Waals surface area contributed by atoms with E-state index in [2.05, 4.69) is 169 Å². The molecule has 0 fully saturated rings. The summed E-state index contributed by atoms with van der Waals surface area (Å²) >= 11 is 1.87. The number of thiophene rings is 1. The first-order chi connectivity index (χ1) is 25.3. The van der Waals surface area contributed by atoms with Gasteiger partial charge in [0, 0.05) is 42.6 Å². The highest BCUT2D eigenvalue weighted by molar-refractivity contribution is 7.26. The van der Waals surface area contributed by atoms with Crippen LogP contribution in [0.5, 0.6) is 11.5 Å². The molecule has 0 amide bonds. The highest BCUT2D eigenvalue weighted by Crippen LogP contribution is 2.64. The first kappa shape index (κ1) is 28.6. The van der Waals surface area contributed by atoms with Crippen LogP contribution in [0.25, 0.3) is 37.0 Å². The average molecular weight is 671 g/mol. The molecular formula is C47H30N2OS. The minimum Gasteiger partial charge on any atom is -0.457 e. The van der Waals surface area contributed by atoms with Crippen LogP contribution in [0.3, 0.4) is 0 Å². The van der Waals surface area contributed by atoms with Crippen LogP contribution in [0.2, 0.25) is 0 Å². The lowest BCUT2D eigenvalue weighted by molar-refractivity contribution is 0.436. The summed E-state index contributed by atoms with van der Waals surface area (Å²) in [5, 5.41) is 6.35. The molecule has 240 valence electrons. The van der Waals surface area contributed by atoms with Crippen LogP contribution >= 0.6 is 11.3 Å².